The highest BCUT2D eigenvalue weighted by Crippen LogP contribution is 2.16. The van der Waals surface area contributed by atoms with Crippen molar-refractivity contribution in [2.45, 2.75) is 45.1 Å². The van der Waals surface area contributed by atoms with Crippen LogP contribution in [0.15, 0.2) is 18.2 Å². The number of aliphatic hydroxyl groups excluding tert-OH is 1. The molecule has 1 aromatic carbocycles. The minimum atomic E-state index is -1.00. The number of nitrogens with one attached hydrogen (secondary N) is 1. The molecule has 0 aromatic heterocycles. The summed E-state index contributed by atoms with van der Waals surface area (Å²) in [5.74, 6) is -0.581. The molecule has 118 valence electrons. The number of hydrogen-bond acceptors (Lipinski definition) is 3. The average molecular weight is 297 g/mol. The monoisotopic (exact) mass is 297 g/mol. The largest absolute Gasteiger partial charge is 0.396 e. The minimum absolute atomic E-state index is 0.0128. The van der Waals surface area contributed by atoms with Crippen molar-refractivity contribution in [3.63, 3.8) is 0 Å². The van der Waals surface area contributed by atoms with Crippen molar-refractivity contribution in [2.75, 3.05) is 13.2 Å². The van der Waals surface area contributed by atoms with Crippen molar-refractivity contribution >= 4 is 5.91 Å². The maximum atomic E-state index is 13.4. The van der Waals surface area contributed by atoms with E-state index in [9.17, 15) is 14.3 Å². The van der Waals surface area contributed by atoms with Gasteiger partial charge in [0.05, 0.1) is 12.0 Å². The van der Waals surface area contributed by atoms with Crippen LogP contribution in [0.1, 0.15) is 37.3 Å². The van der Waals surface area contributed by atoms with Gasteiger partial charge in [-0.15, -0.1) is 0 Å². The van der Waals surface area contributed by atoms with Crippen LogP contribution >= 0.6 is 0 Å². The van der Waals surface area contributed by atoms with Gasteiger partial charge in [0.15, 0.2) is 0 Å². The molecule has 5 heteroatoms. The molecule has 3 N–H and O–H groups in total. The standard InChI is InChI=1S/C16H24FNO3/c1-3-16(21,7-4-8-19)11-18-15(20)10-13-6-5-12(2)14(17)9-13/h5-6,9,19,21H,3-4,7-8,10-11H2,1-2H3,(H,18,20). The summed E-state index contributed by atoms with van der Waals surface area (Å²) in [7, 11) is 0. The van der Waals surface area contributed by atoms with E-state index in [1.54, 1.807) is 19.1 Å². The molecule has 0 heterocycles. The Morgan fingerprint density at radius 1 is 1.43 bits per heavy atom. The highest BCUT2D eigenvalue weighted by Gasteiger charge is 2.24. The van der Waals surface area contributed by atoms with Gasteiger partial charge >= 0.3 is 0 Å². The highest BCUT2D eigenvalue weighted by molar-refractivity contribution is 5.78. The van der Waals surface area contributed by atoms with Crippen LogP contribution in [0.5, 0.6) is 0 Å². The lowest BCUT2D eigenvalue weighted by Crippen LogP contribution is -2.43. The molecule has 0 saturated carbocycles. The number of hydrogen-bond donors (Lipinski definition) is 3. The van der Waals surface area contributed by atoms with Crippen molar-refractivity contribution in [1.29, 1.82) is 0 Å². The first-order valence-corrected chi connectivity index (χ1v) is 7.25. The van der Waals surface area contributed by atoms with Gasteiger partial charge < -0.3 is 15.5 Å². The Morgan fingerprint density at radius 3 is 2.71 bits per heavy atom. The zero-order valence-electron chi connectivity index (χ0n) is 12.7. The summed E-state index contributed by atoms with van der Waals surface area (Å²) in [6.45, 7) is 3.65. The molecule has 0 spiro atoms. The van der Waals surface area contributed by atoms with E-state index in [1.807, 2.05) is 6.92 Å². The first kappa shape index (κ1) is 17.6. The maximum absolute atomic E-state index is 13.4. The summed E-state index contributed by atoms with van der Waals surface area (Å²) in [5, 5.41) is 21.7. The maximum Gasteiger partial charge on any atom is 0.224 e. The molecular formula is C16H24FNO3. The summed E-state index contributed by atoms with van der Waals surface area (Å²) in [5.41, 5.74) is 0.145. The van der Waals surface area contributed by atoms with E-state index in [0.717, 1.165) is 0 Å². The van der Waals surface area contributed by atoms with Crippen LogP contribution in [0, 0.1) is 12.7 Å². The third kappa shape index (κ3) is 5.81. The molecule has 1 aromatic rings. The second-order valence-electron chi connectivity index (χ2n) is 5.44. The Hall–Kier alpha value is -1.46. The zero-order chi connectivity index (χ0) is 15.9. The normalized spacial score (nSPS) is 13.8. The fourth-order valence-electron chi connectivity index (χ4n) is 2.06. The Morgan fingerprint density at radius 2 is 2.14 bits per heavy atom. The molecule has 0 aliphatic heterocycles. The molecule has 21 heavy (non-hydrogen) atoms. The van der Waals surface area contributed by atoms with Crippen LogP contribution in [-0.4, -0.2) is 34.9 Å². The van der Waals surface area contributed by atoms with Gasteiger partial charge in [-0.2, -0.15) is 0 Å². The quantitative estimate of drug-likeness (QED) is 0.684. The first-order chi connectivity index (χ1) is 9.90. The number of aliphatic hydroxyl groups is 2. The van der Waals surface area contributed by atoms with Gasteiger partial charge in [-0.1, -0.05) is 19.1 Å². The van der Waals surface area contributed by atoms with E-state index in [0.29, 0.717) is 30.4 Å². The smallest absolute Gasteiger partial charge is 0.224 e. The van der Waals surface area contributed by atoms with Gasteiger partial charge in [-0.25, -0.2) is 4.39 Å². The fourth-order valence-corrected chi connectivity index (χ4v) is 2.06. The molecule has 1 amide bonds. The van der Waals surface area contributed by atoms with E-state index >= 15 is 0 Å². The van der Waals surface area contributed by atoms with Crippen LogP contribution in [-0.2, 0) is 11.2 Å². The highest BCUT2D eigenvalue weighted by atomic mass is 19.1. The van der Waals surface area contributed by atoms with E-state index in [-0.39, 0.29) is 31.3 Å². The van der Waals surface area contributed by atoms with E-state index in [4.69, 9.17) is 5.11 Å². The number of carbonyl (C=O) groups excluding carboxylic acids is 1. The molecule has 0 bridgehead atoms. The Kier molecular flexibility index (Phi) is 6.78. The predicted molar refractivity (Wildman–Crippen MR) is 79.4 cm³/mol. The molecule has 0 saturated heterocycles. The molecule has 0 aliphatic rings. The van der Waals surface area contributed by atoms with E-state index in [2.05, 4.69) is 5.32 Å². The van der Waals surface area contributed by atoms with Gasteiger partial charge in [-0.05, 0) is 43.4 Å². The van der Waals surface area contributed by atoms with Crippen molar-refractivity contribution in [3.05, 3.63) is 35.1 Å². The van der Waals surface area contributed by atoms with Crippen LogP contribution in [0.25, 0.3) is 0 Å². The molecule has 4 nitrogen and oxygen atoms in total. The average Bonchev–Trinajstić information content (AvgIpc) is 2.47. The molecule has 0 radical (unpaired) electrons. The molecule has 0 aliphatic carbocycles. The summed E-state index contributed by atoms with van der Waals surface area (Å²) in [6.07, 6.45) is 1.49. The number of carbonyl (C=O) groups is 1. The van der Waals surface area contributed by atoms with Gasteiger partial charge in [0, 0.05) is 13.2 Å². The van der Waals surface area contributed by atoms with Crippen LogP contribution in [0.2, 0.25) is 0 Å². The second kappa shape index (κ2) is 8.10. The topological polar surface area (TPSA) is 69.6 Å². The van der Waals surface area contributed by atoms with Crippen molar-refractivity contribution < 1.29 is 19.4 Å². The molecular weight excluding hydrogens is 273 g/mol. The number of benzene rings is 1. The molecule has 1 rings (SSSR count). The van der Waals surface area contributed by atoms with Crippen LogP contribution < -0.4 is 5.32 Å². The Balaban J connectivity index is 2.51. The van der Waals surface area contributed by atoms with E-state index < -0.39 is 5.60 Å². The van der Waals surface area contributed by atoms with Gasteiger partial charge in [0.25, 0.3) is 0 Å². The number of aryl methyl sites for hydroxylation is 1. The first-order valence-electron chi connectivity index (χ1n) is 7.25. The van der Waals surface area contributed by atoms with Crippen LogP contribution in [0.3, 0.4) is 0 Å². The number of halogens is 1. The summed E-state index contributed by atoms with van der Waals surface area (Å²) in [6, 6.07) is 4.71. The lowest BCUT2D eigenvalue weighted by Gasteiger charge is -2.26. The van der Waals surface area contributed by atoms with E-state index in [1.165, 1.54) is 6.07 Å². The van der Waals surface area contributed by atoms with Crippen molar-refractivity contribution in [3.8, 4) is 0 Å². The summed E-state index contributed by atoms with van der Waals surface area (Å²) in [4.78, 5) is 11.9. The second-order valence-corrected chi connectivity index (χ2v) is 5.44. The number of amides is 1. The van der Waals surface area contributed by atoms with Gasteiger partial charge in [0.2, 0.25) is 5.91 Å². The van der Waals surface area contributed by atoms with Crippen LogP contribution in [0.4, 0.5) is 4.39 Å². The lowest BCUT2D eigenvalue weighted by molar-refractivity contribution is -0.121. The lowest BCUT2D eigenvalue weighted by atomic mass is 9.94. The Labute approximate surface area is 125 Å². The molecule has 1 unspecified atom stereocenters. The molecule has 1 atom stereocenters. The Bertz CT molecular complexity index is 479. The molecule has 0 fully saturated rings. The predicted octanol–water partition coefficient (Wildman–Crippen LogP) is 1.71. The summed E-state index contributed by atoms with van der Waals surface area (Å²) < 4.78 is 13.4. The fraction of sp³-hybridized carbons (Fsp3) is 0.562. The van der Waals surface area contributed by atoms with Crippen molar-refractivity contribution in [2.24, 2.45) is 0 Å². The minimum Gasteiger partial charge on any atom is -0.396 e. The zero-order valence-corrected chi connectivity index (χ0v) is 12.7. The summed E-state index contributed by atoms with van der Waals surface area (Å²) >= 11 is 0. The third-order valence-corrected chi connectivity index (χ3v) is 3.67. The third-order valence-electron chi connectivity index (χ3n) is 3.67. The van der Waals surface area contributed by atoms with Gasteiger partial charge in [-0.3, -0.25) is 4.79 Å². The van der Waals surface area contributed by atoms with Crippen molar-refractivity contribution in [1.82, 2.24) is 5.32 Å². The number of rotatable bonds is 8. The van der Waals surface area contributed by atoms with Gasteiger partial charge in [0.1, 0.15) is 5.82 Å². The SMILES string of the molecule is CCC(O)(CCCO)CNC(=O)Cc1ccc(C)c(F)c1.